The van der Waals surface area contributed by atoms with E-state index in [-0.39, 0.29) is 0 Å². The van der Waals surface area contributed by atoms with Gasteiger partial charge in [0.15, 0.2) is 5.76 Å². The van der Waals surface area contributed by atoms with Crippen LogP contribution in [0.5, 0.6) is 0 Å². The number of pyridine rings is 1. The van der Waals surface area contributed by atoms with E-state index in [1.54, 1.807) is 31.5 Å². The van der Waals surface area contributed by atoms with Crippen LogP contribution >= 0.6 is 12.6 Å². The zero-order chi connectivity index (χ0) is 17.9. The molecular weight excluding hydrogens is 328 g/mol. The quantitative estimate of drug-likeness (QED) is 0.658. The Balaban J connectivity index is 2.52. The average Bonchev–Trinajstić information content (AvgIpc) is 2.81. The molecule has 0 spiro atoms. The number of carboxylic acids is 1. The number of carbonyl (C=O) groups is 2. The number of unbranched alkanes of at least 4 members (excludes halogenated alkanes) is 1. The second kappa shape index (κ2) is 7.70. The summed E-state index contributed by atoms with van der Waals surface area (Å²) in [6, 6.07) is 1.80. The van der Waals surface area contributed by atoms with Gasteiger partial charge >= 0.3 is 5.97 Å². The lowest BCUT2D eigenvalue weighted by molar-refractivity contribution is -0.150. The second-order valence-electron chi connectivity index (χ2n) is 5.87. The van der Waals surface area contributed by atoms with Crippen molar-refractivity contribution >= 4 is 24.5 Å². The molecule has 1 amide bonds. The molecule has 7 heteroatoms. The van der Waals surface area contributed by atoms with Gasteiger partial charge in [-0.1, -0.05) is 19.8 Å². The first-order valence-electron chi connectivity index (χ1n) is 7.96. The molecule has 0 bridgehead atoms. The number of aromatic nitrogens is 1. The molecule has 0 aromatic carbocycles. The molecule has 1 aromatic heterocycles. The highest BCUT2D eigenvalue weighted by atomic mass is 32.1. The van der Waals surface area contributed by atoms with E-state index < -0.39 is 35.0 Å². The Labute approximate surface area is 146 Å². The van der Waals surface area contributed by atoms with Gasteiger partial charge in [-0.25, -0.2) is 4.79 Å². The lowest BCUT2D eigenvalue weighted by atomic mass is 9.96. The number of aliphatic carboxylic acids is 1. The van der Waals surface area contributed by atoms with Gasteiger partial charge in [-0.05, 0) is 31.0 Å². The highest BCUT2D eigenvalue weighted by Gasteiger charge is 2.46. The van der Waals surface area contributed by atoms with Crippen LogP contribution in [0.25, 0.3) is 0 Å². The molecule has 0 aliphatic carbocycles. The van der Waals surface area contributed by atoms with Gasteiger partial charge in [0.2, 0.25) is 0 Å². The monoisotopic (exact) mass is 350 g/mol. The minimum atomic E-state index is -1.07. The number of aliphatic hydroxyl groups excluding tert-OH is 1. The maximum atomic E-state index is 12.6. The summed E-state index contributed by atoms with van der Waals surface area (Å²) in [5.74, 6) is -2.13. The molecule has 0 radical (unpaired) electrons. The zero-order valence-corrected chi connectivity index (χ0v) is 14.6. The largest absolute Gasteiger partial charge is 0.503 e. The van der Waals surface area contributed by atoms with E-state index in [2.05, 4.69) is 17.6 Å². The number of thiol groups is 1. The van der Waals surface area contributed by atoms with Crippen LogP contribution in [0.1, 0.15) is 44.7 Å². The van der Waals surface area contributed by atoms with Gasteiger partial charge in [0, 0.05) is 23.2 Å². The number of carboxylic acid groups (broad SMARTS) is 1. The fraction of sp³-hybridized carbons (Fsp3) is 0.471. The number of carbonyl (C=O) groups excluding carboxylic acids is 1. The van der Waals surface area contributed by atoms with Gasteiger partial charge < -0.3 is 15.1 Å². The average molecular weight is 350 g/mol. The molecule has 2 N–H and O–H groups in total. The first-order chi connectivity index (χ1) is 11.4. The van der Waals surface area contributed by atoms with Gasteiger partial charge in [0.1, 0.15) is 6.04 Å². The molecule has 130 valence electrons. The summed E-state index contributed by atoms with van der Waals surface area (Å²) in [5, 5.41) is 19.6. The Morgan fingerprint density at radius 2 is 2.04 bits per heavy atom. The molecule has 0 fully saturated rings. The van der Waals surface area contributed by atoms with Gasteiger partial charge in [0.25, 0.3) is 5.91 Å². The minimum Gasteiger partial charge on any atom is -0.503 e. The maximum Gasteiger partial charge on any atom is 0.326 e. The fourth-order valence-corrected chi connectivity index (χ4v) is 3.32. The highest BCUT2D eigenvalue weighted by Crippen LogP contribution is 2.42. The van der Waals surface area contributed by atoms with Crippen molar-refractivity contribution in [2.75, 3.05) is 0 Å². The highest BCUT2D eigenvalue weighted by molar-refractivity contribution is 7.81. The van der Waals surface area contributed by atoms with Gasteiger partial charge in [0.05, 0.1) is 6.04 Å². The Kier molecular flexibility index (Phi) is 5.88. The summed E-state index contributed by atoms with van der Waals surface area (Å²) in [6.45, 7) is 3.71. The number of aliphatic hydroxyl groups is 1. The van der Waals surface area contributed by atoms with Gasteiger partial charge in [-0.2, -0.15) is 12.6 Å². The topological polar surface area (TPSA) is 90.7 Å². The van der Waals surface area contributed by atoms with Crippen molar-refractivity contribution in [2.45, 2.75) is 50.4 Å². The molecule has 1 aromatic rings. The molecular formula is C17H22N2O4S. The number of amides is 1. The van der Waals surface area contributed by atoms with E-state index >= 15 is 0 Å². The van der Waals surface area contributed by atoms with E-state index in [1.807, 2.05) is 6.92 Å². The Morgan fingerprint density at radius 1 is 1.42 bits per heavy atom. The van der Waals surface area contributed by atoms with Crippen LogP contribution in [0.4, 0.5) is 0 Å². The summed E-state index contributed by atoms with van der Waals surface area (Å²) in [5.41, 5.74) is 1.14. The van der Waals surface area contributed by atoms with E-state index in [9.17, 15) is 19.8 Å². The predicted octanol–water partition coefficient (Wildman–Crippen LogP) is 2.74. The third-order valence-electron chi connectivity index (χ3n) is 4.21. The van der Waals surface area contributed by atoms with E-state index in [1.165, 1.54) is 4.90 Å². The van der Waals surface area contributed by atoms with Crippen molar-refractivity contribution in [3.05, 3.63) is 41.4 Å². The van der Waals surface area contributed by atoms with Crippen molar-refractivity contribution in [1.29, 1.82) is 0 Å². The van der Waals surface area contributed by atoms with Crippen molar-refractivity contribution in [3.8, 4) is 0 Å². The van der Waals surface area contributed by atoms with E-state index in [0.29, 0.717) is 24.0 Å². The summed E-state index contributed by atoms with van der Waals surface area (Å²) in [6.07, 6.45) is 4.99. The fourth-order valence-electron chi connectivity index (χ4n) is 3.06. The van der Waals surface area contributed by atoms with Crippen LogP contribution in [-0.4, -0.2) is 43.3 Å². The summed E-state index contributed by atoms with van der Waals surface area (Å²) < 4.78 is 0. The molecule has 2 heterocycles. The first-order valence-corrected chi connectivity index (χ1v) is 8.48. The normalized spacial score (nSPS) is 20.4. The second-order valence-corrected chi connectivity index (χ2v) is 6.65. The van der Waals surface area contributed by atoms with E-state index in [0.717, 1.165) is 6.42 Å². The number of rotatable bonds is 7. The Hall–Kier alpha value is -2.02. The summed E-state index contributed by atoms with van der Waals surface area (Å²) in [7, 11) is 0. The number of hydrogen-bond acceptors (Lipinski definition) is 5. The molecule has 1 aliphatic rings. The van der Waals surface area contributed by atoms with Gasteiger partial charge in [-0.15, -0.1) is 0 Å². The molecule has 0 saturated heterocycles. The van der Waals surface area contributed by atoms with Crippen LogP contribution in [0.3, 0.4) is 0 Å². The van der Waals surface area contributed by atoms with Crippen LogP contribution in [0, 0.1) is 0 Å². The lowest BCUT2D eigenvalue weighted by Crippen LogP contribution is -2.45. The van der Waals surface area contributed by atoms with Crippen LogP contribution in [0.2, 0.25) is 0 Å². The molecule has 2 rings (SSSR count). The van der Waals surface area contributed by atoms with Crippen LogP contribution in [0.15, 0.2) is 35.9 Å². The molecule has 3 unspecified atom stereocenters. The zero-order valence-electron chi connectivity index (χ0n) is 13.7. The SMILES string of the molecule is CCCCC(C(=O)O)N1C(=O)C(O)=C(C(C)S)C1c1ccncc1. The molecule has 0 saturated carbocycles. The number of hydrogen-bond donors (Lipinski definition) is 3. The third kappa shape index (κ3) is 3.40. The molecule has 1 aliphatic heterocycles. The molecule has 24 heavy (non-hydrogen) atoms. The van der Waals surface area contributed by atoms with E-state index in [4.69, 9.17) is 0 Å². The van der Waals surface area contributed by atoms with Crippen LogP contribution < -0.4 is 0 Å². The van der Waals surface area contributed by atoms with Crippen molar-refractivity contribution in [3.63, 3.8) is 0 Å². The van der Waals surface area contributed by atoms with Gasteiger partial charge in [-0.3, -0.25) is 9.78 Å². The predicted molar refractivity (Wildman–Crippen MR) is 92.9 cm³/mol. The van der Waals surface area contributed by atoms with Crippen molar-refractivity contribution in [1.82, 2.24) is 9.88 Å². The Morgan fingerprint density at radius 3 is 2.54 bits per heavy atom. The minimum absolute atomic E-state index is 0.334. The Bertz CT molecular complexity index is 645. The third-order valence-corrected chi connectivity index (χ3v) is 4.49. The molecule has 3 atom stereocenters. The maximum absolute atomic E-state index is 12.6. The smallest absolute Gasteiger partial charge is 0.326 e. The standard InChI is InChI=1S/C17H22N2O4S/c1-3-4-5-12(17(22)23)19-14(11-6-8-18-9-7-11)13(10(2)24)15(20)16(19)21/h6-10,12,14,20,24H,3-5H2,1-2H3,(H,22,23). The van der Waals surface area contributed by atoms with Crippen LogP contribution in [-0.2, 0) is 9.59 Å². The van der Waals surface area contributed by atoms with Crippen molar-refractivity contribution < 1.29 is 19.8 Å². The molecule has 6 nitrogen and oxygen atoms in total. The lowest BCUT2D eigenvalue weighted by Gasteiger charge is -2.32. The number of nitrogens with zero attached hydrogens (tertiary/aromatic N) is 2. The van der Waals surface area contributed by atoms with Crippen molar-refractivity contribution in [2.24, 2.45) is 0 Å². The summed E-state index contributed by atoms with van der Waals surface area (Å²) >= 11 is 4.37. The first kappa shape index (κ1) is 18.3. The summed E-state index contributed by atoms with van der Waals surface area (Å²) in [4.78, 5) is 29.6.